The fourth-order valence-corrected chi connectivity index (χ4v) is 6.26. The van der Waals surface area contributed by atoms with Gasteiger partial charge in [-0.05, 0) is 70.9 Å². The monoisotopic (exact) mass is 807 g/mol. The Bertz CT molecular complexity index is 2460. The minimum absolute atomic E-state index is 0. The third-order valence-electron chi connectivity index (χ3n) is 6.00. The van der Waals surface area contributed by atoms with Crippen molar-refractivity contribution in [1.29, 1.82) is 0 Å². The van der Waals surface area contributed by atoms with Gasteiger partial charge in [0.1, 0.15) is 30.8 Å². The second kappa shape index (κ2) is 17.5. The summed E-state index contributed by atoms with van der Waals surface area (Å²) in [5.41, 5.74) is -1.69. The summed E-state index contributed by atoms with van der Waals surface area (Å²) in [5, 5.41) is 25.2. The zero-order valence-corrected chi connectivity index (χ0v) is 35.7. The maximum Gasteiger partial charge on any atom is 1.00 e. The van der Waals surface area contributed by atoms with E-state index in [9.17, 15) is 44.0 Å². The van der Waals surface area contributed by atoms with Crippen LogP contribution in [0.5, 0.6) is 5.75 Å². The average Bonchev–Trinajstić information content (AvgIpc) is 2.94. The Hall–Kier alpha value is -1.54. The van der Waals surface area contributed by atoms with E-state index in [0.29, 0.717) is 22.8 Å². The third-order valence-corrected chi connectivity index (χ3v) is 8.97. The summed E-state index contributed by atoms with van der Waals surface area (Å²) in [6.07, 6.45) is 0. The first-order valence-corrected chi connectivity index (χ1v) is 17.3. The minimum Gasteiger partial charge on any atom is -0.870 e. The Kier molecular flexibility index (Phi) is 15.6. The summed E-state index contributed by atoms with van der Waals surface area (Å²) in [5.74, 6) is -1.85. The van der Waals surface area contributed by atoms with Gasteiger partial charge in [0.05, 0.1) is 15.5 Å². The maximum absolute atomic E-state index is 13.8. The number of benzene rings is 4. The Morgan fingerprint density at radius 2 is 1.36 bits per heavy atom. The first-order valence-electron chi connectivity index (χ1n) is 12.3. The Labute approximate surface area is 360 Å². The molecule has 0 amide bonds. The maximum atomic E-state index is 13.8. The first kappa shape index (κ1) is 44.6. The molecule has 0 bridgehead atoms. The van der Waals surface area contributed by atoms with Crippen LogP contribution >= 0.6 is 23.2 Å². The van der Waals surface area contributed by atoms with E-state index < -0.39 is 84.6 Å². The standard InChI is InChI=1S/C25H17Cl2N7O10S3.3Na/c26-13-4-3-5-14(10-13)28-24-30-23(27)31-25(32-24)29-17-11-15(45(36,37)38)8-12-9-19(47(42,43)44)21(22(35)20(12)17)34-33-16-6-1-2-7-18(16)46(39,40)41;;;/h1-11,35H,(H,36,37,38)(H,39,40,41)(H,42,43,44)(H2,28,29,30,31,32);;;/q;3*+1/p-3. The van der Waals surface area contributed by atoms with Crippen LogP contribution in [0.2, 0.25) is 10.3 Å². The number of hydrogen-bond donors (Lipinski definition) is 3. The zero-order valence-electron chi connectivity index (χ0n) is 25.7. The van der Waals surface area contributed by atoms with Crippen LogP contribution in [0, 0.1) is 0 Å². The zero-order chi connectivity index (χ0) is 34.3. The van der Waals surface area contributed by atoms with Crippen LogP contribution in [0.25, 0.3) is 10.8 Å². The van der Waals surface area contributed by atoms with Crippen molar-refractivity contribution < 1.29 is 133 Å². The molecule has 3 N–H and O–H groups in total. The molecule has 25 heteroatoms. The number of azo groups is 1. The molecule has 1 heterocycles. The number of fused-ring (bicyclic) bond motifs is 1. The minimum atomic E-state index is -5.30. The second-order valence-corrected chi connectivity index (χ2v) is 14.1. The molecule has 0 aliphatic heterocycles. The topological polar surface area (TPSA) is 279 Å². The Morgan fingerprint density at radius 1 is 0.720 bits per heavy atom. The molecule has 0 atom stereocenters. The van der Waals surface area contributed by atoms with Gasteiger partial charge < -0.3 is 24.8 Å². The number of nitrogens with zero attached hydrogens (tertiary/aromatic N) is 5. The van der Waals surface area contributed by atoms with E-state index in [1.807, 2.05) is 0 Å². The second-order valence-electron chi connectivity index (χ2n) is 9.18. The van der Waals surface area contributed by atoms with E-state index >= 15 is 0 Å². The van der Waals surface area contributed by atoms with Gasteiger partial charge in [-0.2, -0.15) is 23.4 Å². The largest absolute Gasteiger partial charge is 1.00 e. The van der Waals surface area contributed by atoms with Crippen LogP contribution in [0.3, 0.4) is 0 Å². The summed E-state index contributed by atoms with van der Waals surface area (Å²) in [6.45, 7) is 0. The summed E-state index contributed by atoms with van der Waals surface area (Å²) in [4.78, 5) is 8.92. The van der Waals surface area contributed by atoms with Crippen LogP contribution in [-0.4, -0.2) is 53.9 Å². The van der Waals surface area contributed by atoms with Crippen molar-refractivity contribution in [3.05, 3.63) is 77.0 Å². The number of hydrogen-bond acceptors (Lipinski definition) is 16. The van der Waals surface area contributed by atoms with E-state index in [-0.39, 0.29) is 99.9 Å². The molecular weight excluding hydrogens is 794 g/mol. The predicted octanol–water partition coefficient (Wildman–Crippen LogP) is -4.63. The van der Waals surface area contributed by atoms with Crippen molar-refractivity contribution in [2.45, 2.75) is 14.7 Å². The van der Waals surface area contributed by atoms with Gasteiger partial charge in [-0.3, -0.25) is 4.55 Å². The van der Waals surface area contributed by atoms with Gasteiger partial charge in [0.25, 0.3) is 10.1 Å². The van der Waals surface area contributed by atoms with Gasteiger partial charge in [0, 0.05) is 16.4 Å². The molecule has 17 nitrogen and oxygen atoms in total. The molecule has 0 fully saturated rings. The van der Waals surface area contributed by atoms with E-state index in [0.717, 1.165) is 18.2 Å². The van der Waals surface area contributed by atoms with Crippen LogP contribution in [0.4, 0.5) is 34.6 Å². The van der Waals surface area contributed by atoms with Crippen molar-refractivity contribution in [3.8, 4) is 5.75 Å². The van der Waals surface area contributed by atoms with Crippen molar-refractivity contribution >= 4 is 99.0 Å². The Balaban J connectivity index is 0.00000289. The molecule has 50 heavy (non-hydrogen) atoms. The Morgan fingerprint density at radius 3 is 1.96 bits per heavy atom. The van der Waals surface area contributed by atoms with Crippen molar-refractivity contribution in [2.24, 2.45) is 10.2 Å². The van der Waals surface area contributed by atoms with E-state index in [1.165, 1.54) is 18.2 Å². The van der Waals surface area contributed by atoms with Gasteiger partial charge >= 0.3 is 88.7 Å². The van der Waals surface area contributed by atoms with E-state index in [4.69, 9.17) is 23.2 Å². The van der Waals surface area contributed by atoms with Crippen LogP contribution in [0.1, 0.15) is 0 Å². The normalized spacial score (nSPS) is 11.7. The smallest absolute Gasteiger partial charge is 0.870 e. The van der Waals surface area contributed by atoms with Crippen molar-refractivity contribution in [1.82, 2.24) is 15.0 Å². The van der Waals surface area contributed by atoms with Crippen molar-refractivity contribution in [2.75, 3.05) is 10.6 Å². The summed E-state index contributed by atoms with van der Waals surface area (Å²) in [6, 6.07) is 12.8. The molecule has 244 valence electrons. The fraction of sp³-hybridized carbons (Fsp3) is 0. The van der Waals surface area contributed by atoms with Crippen LogP contribution < -0.4 is 104 Å². The predicted molar refractivity (Wildman–Crippen MR) is 163 cm³/mol. The average molecular weight is 809 g/mol. The van der Waals surface area contributed by atoms with E-state index in [1.54, 1.807) is 18.2 Å². The quantitative estimate of drug-likeness (QED) is 0.0718. The molecule has 0 radical (unpaired) electrons. The van der Waals surface area contributed by atoms with Crippen LogP contribution in [0.15, 0.2) is 91.6 Å². The molecule has 0 aliphatic carbocycles. The molecule has 0 saturated carbocycles. The summed E-state index contributed by atoms with van der Waals surface area (Å²) >= 11 is 12.0. The van der Waals surface area contributed by atoms with Gasteiger partial charge in [-0.25, -0.2) is 16.8 Å². The molecule has 5 rings (SSSR count). The number of anilines is 4. The molecule has 0 aliphatic rings. The van der Waals surface area contributed by atoms with Crippen LogP contribution in [-0.2, 0) is 30.4 Å². The molecule has 0 saturated heterocycles. The number of rotatable bonds is 9. The van der Waals surface area contributed by atoms with Gasteiger partial charge in [0.2, 0.25) is 17.2 Å². The van der Waals surface area contributed by atoms with Gasteiger partial charge in [-0.1, -0.05) is 35.5 Å². The molecular formula is C25H14Cl2N7Na3O10S3. The van der Waals surface area contributed by atoms with E-state index in [2.05, 4.69) is 35.8 Å². The first-order chi connectivity index (χ1) is 21.9. The number of nitrogens with one attached hydrogen (secondary N) is 2. The number of aromatic nitrogens is 3. The summed E-state index contributed by atoms with van der Waals surface area (Å²) in [7, 11) is -15.6. The van der Waals surface area contributed by atoms with Gasteiger partial charge in [-0.15, -0.1) is 10.2 Å². The number of halogens is 2. The molecule has 0 unspecified atom stereocenters. The van der Waals surface area contributed by atoms with Crippen molar-refractivity contribution in [3.63, 3.8) is 0 Å². The molecule has 0 spiro atoms. The van der Waals surface area contributed by atoms with Gasteiger partial charge in [0.15, 0.2) is 0 Å². The fourth-order valence-electron chi connectivity index (χ4n) is 4.11. The third kappa shape index (κ3) is 10.8. The molecule has 5 aromatic rings. The molecule has 1 aromatic heterocycles. The summed E-state index contributed by atoms with van der Waals surface area (Å²) < 4.78 is 106. The molecule has 4 aromatic carbocycles. The SMILES string of the molecule is O=S(=O)([O-])c1cc(Nc2nc(Cl)nc(Nc3cccc(Cl)c3)n2)c2c([O-])c(N=Nc3ccccc3S(=O)(=O)[O-])c(S(=O)(=O)O)cc2c1.[Na+].[Na+].[Na+].